The predicted molar refractivity (Wildman–Crippen MR) is 150 cm³/mol. The maximum Gasteiger partial charge on any atom is 0.255 e. The Kier molecular flexibility index (Phi) is 8.10. The van der Waals surface area contributed by atoms with Crippen molar-refractivity contribution in [3.63, 3.8) is 0 Å². The largest absolute Gasteiger partial charge is 0.497 e. The molecule has 0 bridgehead atoms. The van der Waals surface area contributed by atoms with Gasteiger partial charge in [-0.15, -0.1) is 0 Å². The summed E-state index contributed by atoms with van der Waals surface area (Å²) >= 11 is 0. The van der Waals surface area contributed by atoms with Crippen LogP contribution in [-0.2, 0) is 9.53 Å². The molecule has 0 spiro atoms. The van der Waals surface area contributed by atoms with E-state index in [1.165, 1.54) is 0 Å². The zero-order chi connectivity index (χ0) is 27.0. The molecule has 2 N–H and O–H groups in total. The van der Waals surface area contributed by atoms with Crippen LogP contribution >= 0.6 is 0 Å². The van der Waals surface area contributed by atoms with E-state index in [-0.39, 0.29) is 5.91 Å². The first-order chi connectivity index (χ1) is 18.4. The second kappa shape index (κ2) is 11.8. The lowest BCUT2D eigenvalue weighted by molar-refractivity contribution is -0.109. The van der Waals surface area contributed by atoms with Gasteiger partial charge in [0.2, 0.25) is 0 Å². The van der Waals surface area contributed by atoms with E-state index in [4.69, 9.17) is 9.47 Å². The van der Waals surface area contributed by atoms with Crippen LogP contribution in [0.1, 0.15) is 27.0 Å². The van der Waals surface area contributed by atoms with Crippen LogP contribution in [0, 0.1) is 18.8 Å². The number of carbonyl (C=O) groups excluding carboxylic acids is 2. The molecule has 1 atom stereocenters. The molecule has 3 aromatic carbocycles. The molecular formula is C32H28N2O4. The normalized spacial score (nSPS) is 15.8. The Morgan fingerprint density at radius 2 is 1.53 bits per heavy atom. The van der Waals surface area contributed by atoms with Gasteiger partial charge in [0, 0.05) is 28.1 Å². The van der Waals surface area contributed by atoms with Crippen molar-refractivity contribution in [2.24, 2.45) is 0 Å². The van der Waals surface area contributed by atoms with Crippen molar-refractivity contribution in [3.8, 4) is 17.6 Å². The molecule has 38 heavy (non-hydrogen) atoms. The van der Waals surface area contributed by atoms with Gasteiger partial charge in [0.05, 0.1) is 14.2 Å². The quantitative estimate of drug-likeness (QED) is 0.321. The van der Waals surface area contributed by atoms with Gasteiger partial charge in [-0.05, 0) is 104 Å². The highest BCUT2D eigenvalue weighted by molar-refractivity contribution is 6.04. The van der Waals surface area contributed by atoms with Crippen molar-refractivity contribution in [1.29, 1.82) is 0 Å². The summed E-state index contributed by atoms with van der Waals surface area (Å²) in [4.78, 5) is 24.5. The Morgan fingerprint density at radius 1 is 0.868 bits per heavy atom. The molecule has 0 aliphatic heterocycles. The van der Waals surface area contributed by atoms with Crippen LogP contribution in [0.5, 0.6) is 5.75 Å². The van der Waals surface area contributed by atoms with Crippen LogP contribution in [0.15, 0.2) is 103 Å². The number of anilines is 2. The highest BCUT2D eigenvalue weighted by Gasteiger charge is 2.24. The number of methoxy groups -OCH3 is 2. The molecule has 0 aromatic heterocycles. The van der Waals surface area contributed by atoms with Crippen LogP contribution < -0.4 is 15.4 Å². The van der Waals surface area contributed by atoms with E-state index < -0.39 is 5.54 Å². The number of aryl methyl sites for hydroxylation is 1. The first kappa shape index (κ1) is 26.1. The van der Waals surface area contributed by atoms with Gasteiger partial charge in [-0.2, -0.15) is 0 Å². The van der Waals surface area contributed by atoms with E-state index in [0.717, 1.165) is 34.4 Å². The third-order valence-corrected chi connectivity index (χ3v) is 5.98. The van der Waals surface area contributed by atoms with Crippen LogP contribution in [0.2, 0.25) is 0 Å². The van der Waals surface area contributed by atoms with Gasteiger partial charge >= 0.3 is 0 Å². The van der Waals surface area contributed by atoms with Crippen molar-refractivity contribution >= 4 is 23.6 Å². The number of rotatable bonds is 7. The first-order valence-electron chi connectivity index (χ1n) is 12.0. The SMILES string of the molecule is COC1=CC=CC(C=O)(Nc2ccc(C#Cc3ccc(NC(=O)c4ccc(OC)c(C)c4)cc3)cc2)C=C1. The average Bonchev–Trinajstić information content (AvgIpc) is 3.16. The summed E-state index contributed by atoms with van der Waals surface area (Å²) in [5, 5.41) is 6.15. The molecular weight excluding hydrogens is 476 g/mol. The molecule has 1 aliphatic carbocycles. The standard InChI is InChI=1S/C32H28N2O4/c1-23-21-26(12-17-30(23)38-3)31(36)33-27-13-8-24(9-14-27)6-7-25-10-15-28(16-11-25)34-32(22-35)19-4-5-29(37-2)18-20-32/h4-5,8-22,34H,1-3H3,(H,33,36). The highest BCUT2D eigenvalue weighted by Crippen LogP contribution is 2.22. The zero-order valence-electron chi connectivity index (χ0n) is 21.4. The summed E-state index contributed by atoms with van der Waals surface area (Å²) in [5.74, 6) is 7.50. The molecule has 0 saturated carbocycles. The number of amides is 1. The summed E-state index contributed by atoms with van der Waals surface area (Å²) in [6.45, 7) is 1.90. The van der Waals surface area contributed by atoms with Crippen molar-refractivity contribution in [2.75, 3.05) is 24.9 Å². The third kappa shape index (κ3) is 6.40. The van der Waals surface area contributed by atoms with Gasteiger partial charge in [0.1, 0.15) is 17.0 Å². The molecule has 4 rings (SSSR count). The first-order valence-corrected chi connectivity index (χ1v) is 12.0. The average molecular weight is 505 g/mol. The Morgan fingerprint density at radius 3 is 2.11 bits per heavy atom. The molecule has 0 saturated heterocycles. The minimum Gasteiger partial charge on any atom is -0.497 e. The Labute approximate surface area is 222 Å². The molecule has 1 amide bonds. The second-order valence-corrected chi connectivity index (χ2v) is 8.68. The fraction of sp³-hybridized carbons (Fsp3) is 0.125. The van der Waals surface area contributed by atoms with Gasteiger partial charge in [-0.1, -0.05) is 17.9 Å². The molecule has 0 radical (unpaired) electrons. The number of ether oxygens (including phenoxy) is 2. The number of hydrogen-bond acceptors (Lipinski definition) is 5. The predicted octanol–water partition coefficient (Wildman–Crippen LogP) is 5.66. The number of allylic oxidation sites excluding steroid dienone is 3. The summed E-state index contributed by atoms with van der Waals surface area (Å²) < 4.78 is 10.5. The minimum absolute atomic E-state index is 0.190. The van der Waals surface area contributed by atoms with Crippen LogP contribution in [0.3, 0.4) is 0 Å². The Hall–Kier alpha value is -5.02. The maximum absolute atomic E-state index is 12.6. The zero-order valence-corrected chi connectivity index (χ0v) is 21.4. The Balaban J connectivity index is 1.38. The van der Waals surface area contributed by atoms with E-state index in [1.54, 1.807) is 62.8 Å². The van der Waals surface area contributed by atoms with Gasteiger partial charge in [-0.3, -0.25) is 9.59 Å². The van der Waals surface area contributed by atoms with Gasteiger partial charge in [0.25, 0.3) is 5.91 Å². The molecule has 0 fully saturated rings. The van der Waals surface area contributed by atoms with E-state index in [0.29, 0.717) is 17.0 Å². The fourth-order valence-corrected chi connectivity index (χ4v) is 3.85. The number of hydrogen-bond donors (Lipinski definition) is 2. The van der Waals surface area contributed by atoms with Crippen molar-refractivity contribution in [1.82, 2.24) is 0 Å². The van der Waals surface area contributed by atoms with Gasteiger partial charge in [0.15, 0.2) is 6.29 Å². The monoisotopic (exact) mass is 504 g/mol. The van der Waals surface area contributed by atoms with Crippen LogP contribution in [-0.4, -0.2) is 32.0 Å². The number of benzene rings is 3. The molecule has 1 unspecified atom stereocenters. The molecule has 1 aliphatic rings. The molecule has 6 heteroatoms. The topological polar surface area (TPSA) is 76.7 Å². The lowest BCUT2D eigenvalue weighted by atomic mass is 10.00. The fourth-order valence-electron chi connectivity index (χ4n) is 3.85. The van der Waals surface area contributed by atoms with Crippen LogP contribution in [0.4, 0.5) is 11.4 Å². The minimum atomic E-state index is -0.965. The molecule has 3 aromatic rings. The summed E-state index contributed by atoms with van der Waals surface area (Å²) in [7, 11) is 3.19. The van der Waals surface area contributed by atoms with E-state index in [2.05, 4.69) is 22.5 Å². The second-order valence-electron chi connectivity index (χ2n) is 8.68. The third-order valence-electron chi connectivity index (χ3n) is 5.98. The Bertz CT molecular complexity index is 1470. The van der Waals surface area contributed by atoms with E-state index in [1.807, 2.05) is 55.5 Å². The highest BCUT2D eigenvalue weighted by atomic mass is 16.5. The lowest BCUT2D eigenvalue weighted by Crippen LogP contribution is -2.35. The lowest BCUT2D eigenvalue weighted by Gasteiger charge is -2.23. The smallest absolute Gasteiger partial charge is 0.255 e. The maximum atomic E-state index is 12.6. The van der Waals surface area contributed by atoms with E-state index in [9.17, 15) is 9.59 Å². The van der Waals surface area contributed by atoms with Crippen molar-refractivity contribution in [2.45, 2.75) is 12.5 Å². The number of nitrogens with one attached hydrogen (secondary N) is 2. The summed E-state index contributed by atoms with van der Waals surface area (Å²) in [6, 6.07) is 20.2. The summed E-state index contributed by atoms with van der Waals surface area (Å²) in [6.07, 6.45) is 9.74. The summed E-state index contributed by atoms with van der Waals surface area (Å²) in [5.41, 5.74) is 3.61. The van der Waals surface area contributed by atoms with Gasteiger partial charge < -0.3 is 20.1 Å². The number of carbonyl (C=O) groups is 2. The van der Waals surface area contributed by atoms with Crippen molar-refractivity contribution < 1.29 is 19.1 Å². The number of aldehydes is 1. The molecule has 190 valence electrons. The molecule has 6 nitrogen and oxygen atoms in total. The van der Waals surface area contributed by atoms with Gasteiger partial charge in [-0.25, -0.2) is 0 Å². The molecule has 0 heterocycles. The van der Waals surface area contributed by atoms with Crippen molar-refractivity contribution in [3.05, 3.63) is 125 Å². The van der Waals surface area contributed by atoms with Crippen LogP contribution in [0.25, 0.3) is 0 Å². The van der Waals surface area contributed by atoms with E-state index >= 15 is 0 Å².